The molecule has 0 aliphatic rings. The second kappa shape index (κ2) is 9.25. The fraction of sp³-hybridized carbons (Fsp3) is 0.312. The molecule has 1 aromatic carbocycles. The van der Waals surface area contributed by atoms with Gasteiger partial charge in [0.2, 0.25) is 11.0 Å². The van der Waals surface area contributed by atoms with Crippen LogP contribution in [0.2, 0.25) is 5.02 Å². The van der Waals surface area contributed by atoms with Crippen LogP contribution < -0.4 is 10.6 Å². The summed E-state index contributed by atoms with van der Waals surface area (Å²) in [6.45, 7) is 3.17. The minimum atomic E-state index is -0.648. The summed E-state index contributed by atoms with van der Waals surface area (Å²) in [6.07, 6.45) is -0.222. The number of aryl methyl sites for hydroxylation is 2. The number of nitrogens with zero attached hydrogens (tertiary/aromatic N) is 2. The van der Waals surface area contributed by atoms with Crippen LogP contribution in [0.15, 0.2) is 18.2 Å². The van der Waals surface area contributed by atoms with E-state index in [4.69, 9.17) is 16.3 Å². The topological polar surface area (TPSA) is 110 Å². The van der Waals surface area contributed by atoms with E-state index in [2.05, 4.69) is 20.8 Å². The fourth-order valence-electron chi connectivity index (χ4n) is 1.83. The third-order valence-electron chi connectivity index (χ3n) is 3.15. The van der Waals surface area contributed by atoms with Crippen LogP contribution in [0.25, 0.3) is 0 Å². The Morgan fingerprint density at radius 3 is 2.54 bits per heavy atom. The number of esters is 1. The molecule has 0 aliphatic carbocycles. The smallest absolute Gasteiger partial charge is 0.306 e. The lowest BCUT2D eigenvalue weighted by molar-refractivity contribution is -0.147. The van der Waals surface area contributed by atoms with Crippen molar-refractivity contribution < 1.29 is 19.1 Å². The molecule has 2 amide bonds. The third kappa shape index (κ3) is 6.41. The summed E-state index contributed by atoms with van der Waals surface area (Å²) < 4.78 is 4.85. The van der Waals surface area contributed by atoms with Crippen LogP contribution >= 0.6 is 22.9 Å². The quantitative estimate of drug-likeness (QED) is 0.696. The first-order chi connectivity index (χ1) is 12.3. The van der Waals surface area contributed by atoms with Gasteiger partial charge < -0.3 is 15.4 Å². The molecule has 1 heterocycles. The maximum Gasteiger partial charge on any atom is 0.306 e. The van der Waals surface area contributed by atoms with Gasteiger partial charge >= 0.3 is 5.97 Å². The number of anilines is 2. The number of rotatable bonds is 7. The number of nitrogens with one attached hydrogen (secondary N) is 2. The van der Waals surface area contributed by atoms with Crippen molar-refractivity contribution in [2.75, 3.05) is 17.2 Å². The van der Waals surface area contributed by atoms with Crippen LogP contribution in [0.4, 0.5) is 10.8 Å². The Morgan fingerprint density at radius 2 is 1.88 bits per heavy atom. The molecule has 0 saturated carbocycles. The van der Waals surface area contributed by atoms with Crippen molar-refractivity contribution in [2.45, 2.75) is 26.7 Å². The van der Waals surface area contributed by atoms with Crippen LogP contribution in [0.5, 0.6) is 0 Å². The van der Waals surface area contributed by atoms with Gasteiger partial charge in [0.25, 0.3) is 5.91 Å². The Bertz CT molecular complexity index is 824. The van der Waals surface area contributed by atoms with Crippen molar-refractivity contribution in [2.24, 2.45) is 0 Å². The van der Waals surface area contributed by atoms with E-state index in [1.165, 1.54) is 11.3 Å². The van der Waals surface area contributed by atoms with E-state index in [-0.39, 0.29) is 18.7 Å². The van der Waals surface area contributed by atoms with E-state index in [0.717, 1.165) is 10.6 Å². The molecule has 0 aliphatic heterocycles. The Morgan fingerprint density at radius 1 is 1.12 bits per heavy atom. The van der Waals surface area contributed by atoms with Gasteiger partial charge in [-0.25, -0.2) is 0 Å². The molecule has 2 aromatic rings. The van der Waals surface area contributed by atoms with E-state index in [9.17, 15) is 14.4 Å². The molecular formula is C16H17ClN4O4S. The van der Waals surface area contributed by atoms with Gasteiger partial charge in [-0.05, 0) is 31.5 Å². The first-order valence-corrected chi connectivity index (χ1v) is 8.84. The van der Waals surface area contributed by atoms with E-state index in [1.807, 2.05) is 6.92 Å². The number of ether oxygens (including phenoxy) is 1. The highest BCUT2D eigenvalue weighted by molar-refractivity contribution is 7.15. The summed E-state index contributed by atoms with van der Waals surface area (Å²) in [4.78, 5) is 35.1. The molecule has 2 rings (SSSR count). The Hall–Kier alpha value is -2.52. The number of amides is 2. The molecule has 0 radical (unpaired) electrons. The summed E-state index contributed by atoms with van der Waals surface area (Å²) in [5.74, 6) is -1.52. The molecule has 138 valence electrons. The minimum Gasteiger partial charge on any atom is -0.456 e. The first kappa shape index (κ1) is 19.8. The molecule has 0 spiro atoms. The van der Waals surface area contributed by atoms with Crippen molar-refractivity contribution in [3.8, 4) is 0 Å². The number of carbonyl (C=O) groups is 3. The molecule has 0 bridgehead atoms. The van der Waals surface area contributed by atoms with Crippen molar-refractivity contribution >= 4 is 51.5 Å². The number of benzene rings is 1. The molecule has 26 heavy (non-hydrogen) atoms. The lowest BCUT2D eigenvalue weighted by Gasteiger charge is -2.08. The van der Waals surface area contributed by atoms with Gasteiger partial charge in [-0.15, -0.1) is 10.2 Å². The number of hydrogen-bond donors (Lipinski definition) is 2. The van der Waals surface area contributed by atoms with E-state index >= 15 is 0 Å². The normalized spacial score (nSPS) is 10.3. The summed E-state index contributed by atoms with van der Waals surface area (Å²) >= 11 is 7.21. The fourth-order valence-corrected chi connectivity index (χ4v) is 2.62. The van der Waals surface area contributed by atoms with Gasteiger partial charge in [-0.3, -0.25) is 14.4 Å². The molecule has 0 unspecified atom stereocenters. The van der Waals surface area contributed by atoms with Crippen LogP contribution in [0, 0.1) is 13.8 Å². The molecule has 1 aromatic heterocycles. The predicted molar refractivity (Wildman–Crippen MR) is 98.3 cm³/mol. The largest absolute Gasteiger partial charge is 0.456 e. The van der Waals surface area contributed by atoms with E-state index in [1.54, 1.807) is 25.1 Å². The van der Waals surface area contributed by atoms with Crippen molar-refractivity contribution in [1.82, 2.24) is 10.2 Å². The van der Waals surface area contributed by atoms with Gasteiger partial charge in [0.15, 0.2) is 6.61 Å². The first-order valence-electron chi connectivity index (χ1n) is 7.65. The monoisotopic (exact) mass is 396 g/mol. The van der Waals surface area contributed by atoms with Gasteiger partial charge in [-0.1, -0.05) is 29.0 Å². The molecule has 10 heteroatoms. The highest BCUT2D eigenvalue weighted by atomic mass is 35.5. The Labute approximate surface area is 158 Å². The molecule has 0 saturated heterocycles. The van der Waals surface area contributed by atoms with E-state index in [0.29, 0.717) is 15.8 Å². The lowest BCUT2D eigenvalue weighted by atomic mass is 10.2. The average Bonchev–Trinajstić information content (AvgIpc) is 2.99. The molecule has 0 atom stereocenters. The second-order valence-electron chi connectivity index (χ2n) is 5.35. The van der Waals surface area contributed by atoms with Crippen LogP contribution in [-0.4, -0.2) is 34.6 Å². The second-order valence-corrected chi connectivity index (χ2v) is 6.94. The Kier molecular flexibility index (Phi) is 7.05. The van der Waals surface area contributed by atoms with Crippen molar-refractivity contribution in [3.63, 3.8) is 0 Å². The van der Waals surface area contributed by atoms with Crippen molar-refractivity contribution in [1.29, 1.82) is 0 Å². The van der Waals surface area contributed by atoms with Gasteiger partial charge in [0.05, 0.1) is 6.42 Å². The summed E-state index contributed by atoms with van der Waals surface area (Å²) in [5, 5.41) is 14.2. The van der Waals surface area contributed by atoms with E-state index < -0.39 is 18.5 Å². The minimum absolute atomic E-state index is 0.0767. The summed E-state index contributed by atoms with van der Waals surface area (Å²) in [5.41, 5.74) is 1.39. The number of halogens is 1. The zero-order valence-corrected chi connectivity index (χ0v) is 15.7. The highest BCUT2D eigenvalue weighted by Crippen LogP contribution is 2.19. The standard InChI is InChI=1S/C16H17ClN4O4S/c1-9-3-4-11(7-12(9)17)18-14(23)8-25-15(24)6-5-13(22)19-16-21-20-10(2)26-16/h3-4,7H,5-6,8H2,1-2H3,(H,18,23)(H,19,21,22). The van der Waals surface area contributed by atoms with Crippen LogP contribution in [0.1, 0.15) is 23.4 Å². The predicted octanol–water partition coefficient (Wildman–Crippen LogP) is 2.71. The molecular weight excluding hydrogens is 380 g/mol. The number of hydrogen-bond acceptors (Lipinski definition) is 7. The average molecular weight is 397 g/mol. The van der Waals surface area contributed by atoms with Gasteiger partial charge in [-0.2, -0.15) is 0 Å². The van der Waals surface area contributed by atoms with Crippen molar-refractivity contribution in [3.05, 3.63) is 33.8 Å². The molecule has 8 nitrogen and oxygen atoms in total. The Balaban J connectivity index is 1.68. The molecule has 0 fully saturated rings. The lowest BCUT2D eigenvalue weighted by Crippen LogP contribution is -2.21. The zero-order valence-electron chi connectivity index (χ0n) is 14.2. The number of aromatic nitrogens is 2. The molecule has 2 N–H and O–H groups in total. The van der Waals surface area contributed by atoms with Gasteiger partial charge in [0, 0.05) is 17.1 Å². The van der Waals surface area contributed by atoms with Crippen LogP contribution in [-0.2, 0) is 19.1 Å². The van der Waals surface area contributed by atoms with Crippen LogP contribution in [0.3, 0.4) is 0 Å². The zero-order chi connectivity index (χ0) is 19.1. The van der Waals surface area contributed by atoms with Gasteiger partial charge in [0.1, 0.15) is 5.01 Å². The summed E-state index contributed by atoms with van der Waals surface area (Å²) in [7, 11) is 0. The maximum atomic E-state index is 11.8. The third-order valence-corrected chi connectivity index (χ3v) is 4.31. The number of carbonyl (C=O) groups excluding carboxylic acids is 3. The SMILES string of the molecule is Cc1nnc(NC(=O)CCC(=O)OCC(=O)Nc2ccc(C)c(Cl)c2)s1. The summed E-state index contributed by atoms with van der Waals surface area (Å²) in [6, 6.07) is 5.07. The highest BCUT2D eigenvalue weighted by Gasteiger charge is 2.12. The maximum absolute atomic E-state index is 11.8.